The minimum atomic E-state index is -0.395. The number of hydrazine groups is 1. The zero-order valence-electron chi connectivity index (χ0n) is 18.3. The summed E-state index contributed by atoms with van der Waals surface area (Å²) in [5.74, 6) is 0.951. The van der Waals surface area contributed by atoms with Crippen molar-refractivity contribution >= 4 is 11.6 Å². The Labute approximate surface area is 178 Å². The Morgan fingerprint density at radius 3 is 2.90 bits per heavy atom. The van der Waals surface area contributed by atoms with Crippen molar-refractivity contribution in [1.29, 1.82) is 0 Å². The first-order chi connectivity index (χ1) is 14.6. The van der Waals surface area contributed by atoms with Crippen molar-refractivity contribution in [3.05, 3.63) is 23.3 Å². The molecule has 2 atom stereocenters. The number of methoxy groups -OCH3 is 1. The van der Waals surface area contributed by atoms with E-state index in [-0.39, 0.29) is 11.9 Å². The summed E-state index contributed by atoms with van der Waals surface area (Å²) in [5, 5.41) is 5.29. The van der Waals surface area contributed by atoms with E-state index in [1.54, 1.807) is 7.11 Å². The lowest BCUT2D eigenvalue weighted by atomic mass is 10.0. The Kier molecular flexibility index (Phi) is 6.77. The molecule has 3 aliphatic rings. The number of morpholine rings is 1. The van der Waals surface area contributed by atoms with Gasteiger partial charge in [0.15, 0.2) is 0 Å². The molecular weight excluding hydrogens is 384 g/mol. The lowest BCUT2D eigenvalue weighted by Gasteiger charge is -2.34. The predicted octanol–water partition coefficient (Wildman–Crippen LogP) is 1.60. The van der Waals surface area contributed by atoms with Crippen LogP contribution in [0, 0.1) is 0 Å². The van der Waals surface area contributed by atoms with E-state index in [1.807, 2.05) is 17.0 Å². The Balaban J connectivity index is 1.57. The first-order valence-corrected chi connectivity index (χ1v) is 11.0. The van der Waals surface area contributed by atoms with E-state index in [4.69, 9.17) is 14.2 Å². The fraction of sp³-hybridized carbons (Fsp3) is 0.682. The monoisotopic (exact) mass is 418 g/mol. The van der Waals surface area contributed by atoms with Gasteiger partial charge in [-0.25, -0.2) is 5.43 Å². The van der Waals surface area contributed by atoms with Crippen molar-refractivity contribution in [1.82, 2.24) is 15.6 Å². The minimum Gasteiger partial charge on any atom is -0.491 e. The van der Waals surface area contributed by atoms with Crippen LogP contribution in [0.4, 0.5) is 5.69 Å². The second-order valence-electron chi connectivity index (χ2n) is 8.33. The van der Waals surface area contributed by atoms with Crippen LogP contribution in [0.3, 0.4) is 0 Å². The highest BCUT2D eigenvalue weighted by molar-refractivity contribution is 5.82. The summed E-state index contributed by atoms with van der Waals surface area (Å²) in [5.41, 5.74) is 6.73. The predicted molar refractivity (Wildman–Crippen MR) is 115 cm³/mol. The van der Waals surface area contributed by atoms with Crippen LogP contribution in [-0.2, 0) is 20.8 Å². The molecule has 1 aromatic carbocycles. The number of ether oxygens (including phenoxy) is 3. The molecule has 0 unspecified atom stereocenters. The highest BCUT2D eigenvalue weighted by Crippen LogP contribution is 2.41. The second-order valence-corrected chi connectivity index (χ2v) is 8.33. The Morgan fingerprint density at radius 1 is 1.37 bits per heavy atom. The summed E-state index contributed by atoms with van der Waals surface area (Å²) in [6.07, 6.45) is 2.56. The molecule has 8 nitrogen and oxygen atoms in total. The van der Waals surface area contributed by atoms with Crippen molar-refractivity contribution in [2.75, 3.05) is 52.1 Å². The maximum absolute atomic E-state index is 13.3. The number of hydrogen-bond donors (Lipinski definition) is 2. The molecule has 166 valence electrons. The maximum Gasteiger partial charge on any atom is 0.253 e. The van der Waals surface area contributed by atoms with E-state index in [2.05, 4.69) is 29.8 Å². The van der Waals surface area contributed by atoms with Crippen molar-refractivity contribution < 1.29 is 19.0 Å². The average Bonchev–Trinajstić information content (AvgIpc) is 3.53. The first kappa shape index (κ1) is 21.4. The van der Waals surface area contributed by atoms with E-state index >= 15 is 0 Å². The lowest BCUT2D eigenvalue weighted by molar-refractivity contribution is -0.148. The lowest BCUT2D eigenvalue weighted by Crippen LogP contribution is -2.50. The summed E-state index contributed by atoms with van der Waals surface area (Å²) in [6, 6.07) is 4.58. The van der Waals surface area contributed by atoms with Crippen LogP contribution in [-0.4, -0.2) is 70.0 Å². The average molecular weight is 419 g/mol. The van der Waals surface area contributed by atoms with Gasteiger partial charge in [0.25, 0.3) is 5.91 Å². The number of anilines is 1. The highest BCUT2D eigenvalue weighted by atomic mass is 16.5. The molecule has 0 bridgehead atoms. The summed E-state index contributed by atoms with van der Waals surface area (Å²) in [4.78, 5) is 15.3. The van der Waals surface area contributed by atoms with Crippen LogP contribution in [0.15, 0.2) is 12.1 Å². The molecule has 1 saturated heterocycles. The largest absolute Gasteiger partial charge is 0.491 e. The molecule has 0 radical (unpaired) electrons. The van der Waals surface area contributed by atoms with Crippen molar-refractivity contribution in [2.45, 2.75) is 50.9 Å². The van der Waals surface area contributed by atoms with Crippen LogP contribution in [0.2, 0.25) is 0 Å². The Bertz CT molecular complexity index is 749. The fourth-order valence-corrected chi connectivity index (χ4v) is 4.31. The van der Waals surface area contributed by atoms with Gasteiger partial charge < -0.3 is 29.4 Å². The molecule has 2 aliphatic heterocycles. The third-order valence-electron chi connectivity index (χ3n) is 6.07. The molecule has 4 rings (SSSR count). The molecule has 1 amide bonds. The van der Waals surface area contributed by atoms with Crippen LogP contribution in [0.25, 0.3) is 0 Å². The molecule has 2 N–H and O–H groups in total. The van der Waals surface area contributed by atoms with Crippen molar-refractivity contribution in [3.8, 4) is 5.75 Å². The highest BCUT2D eigenvalue weighted by Gasteiger charge is 2.40. The zero-order chi connectivity index (χ0) is 21.1. The number of carbonyl (C=O) groups excluding carboxylic acids is 1. The SMILES string of the molecule is COCCCOc1cc([C@@H](C)N(C(=O)[C@H]2CNCCO2)C2CC2)cc2c1N(C)NC2. The van der Waals surface area contributed by atoms with Gasteiger partial charge in [0.1, 0.15) is 11.9 Å². The molecule has 0 spiro atoms. The number of fused-ring (bicyclic) bond motifs is 1. The normalized spacial score (nSPS) is 22.0. The number of hydrogen-bond acceptors (Lipinski definition) is 7. The van der Waals surface area contributed by atoms with Crippen molar-refractivity contribution in [3.63, 3.8) is 0 Å². The summed E-state index contributed by atoms with van der Waals surface area (Å²) >= 11 is 0. The standard InChI is InChI=1S/C22H34N4O4/c1-15(26(18-5-6-18)22(27)20-14-23-7-10-30-20)16-11-17-13-24-25(2)21(17)19(12-16)29-9-4-8-28-3/h11-12,15,18,20,23-24H,4-10,13-14H2,1-3H3/t15-,20-/m1/s1. The van der Waals surface area contributed by atoms with Gasteiger partial charge in [0.05, 0.1) is 24.9 Å². The Morgan fingerprint density at radius 2 is 2.20 bits per heavy atom. The minimum absolute atomic E-state index is 0.0342. The quantitative estimate of drug-likeness (QED) is 0.590. The summed E-state index contributed by atoms with van der Waals surface area (Å²) < 4.78 is 17.1. The van der Waals surface area contributed by atoms with Gasteiger partial charge in [-0.3, -0.25) is 4.79 Å². The van der Waals surface area contributed by atoms with E-state index < -0.39 is 6.10 Å². The number of amides is 1. The number of carbonyl (C=O) groups is 1. The van der Waals surface area contributed by atoms with Crippen molar-refractivity contribution in [2.24, 2.45) is 0 Å². The van der Waals surface area contributed by atoms with E-state index in [0.717, 1.165) is 49.4 Å². The van der Waals surface area contributed by atoms with E-state index in [0.29, 0.717) is 32.4 Å². The van der Waals surface area contributed by atoms with Gasteiger partial charge in [-0.05, 0) is 43.0 Å². The number of rotatable bonds is 9. The number of nitrogens with one attached hydrogen (secondary N) is 2. The van der Waals surface area contributed by atoms with Gasteiger partial charge in [-0.2, -0.15) is 0 Å². The topological polar surface area (TPSA) is 75.3 Å². The summed E-state index contributed by atoms with van der Waals surface area (Å²) in [6.45, 7) is 6.12. The van der Waals surface area contributed by atoms with Gasteiger partial charge in [0.2, 0.25) is 0 Å². The zero-order valence-corrected chi connectivity index (χ0v) is 18.3. The molecule has 2 fully saturated rings. The molecule has 1 saturated carbocycles. The molecular formula is C22H34N4O4. The molecule has 0 aromatic heterocycles. The third kappa shape index (κ3) is 4.56. The second kappa shape index (κ2) is 9.51. The van der Waals surface area contributed by atoms with Crippen LogP contribution >= 0.6 is 0 Å². The van der Waals surface area contributed by atoms with Gasteiger partial charge in [-0.1, -0.05) is 0 Å². The van der Waals surface area contributed by atoms with E-state index in [9.17, 15) is 4.79 Å². The van der Waals surface area contributed by atoms with Crippen LogP contribution < -0.4 is 20.5 Å². The third-order valence-corrected chi connectivity index (χ3v) is 6.07. The first-order valence-electron chi connectivity index (χ1n) is 11.0. The van der Waals surface area contributed by atoms with Crippen LogP contribution in [0.1, 0.15) is 43.4 Å². The Hall–Kier alpha value is -1.87. The molecule has 1 aliphatic carbocycles. The van der Waals surface area contributed by atoms with Gasteiger partial charge in [-0.15, -0.1) is 0 Å². The van der Waals surface area contributed by atoms with Gasteiger partial charge in [0, 0.05) is 52.9 Å². The molecule has 1 aromatic rings. The molecule has 2 heterocycles. The summed E-state index contributed by atoms with van der Waals surface area (Å²) in [7, 11) is 3.71. The maximum atomic E-state index is 13.3. The van der Waals surface area contributed by atoms with Gasteiger partial charge >= 0.3 is 0 Å². The number of nitrogens with zero attached hydrogens (tertiary/aromatic N) is 2. The molecule has 30 heavy (non-hydrogen) atoms. The molecule has 8 heteroatoms. The smallest absolute Gasteiger partial charge is 0.253 e. The van der Waals surface area contributed by atoms with Crippen LogP contribution in [0.5, 0.6) is 5.75 Å². The fourth-order valence-electron chi connectivity index (χ4n) is 4.31. The number of benzene rings is 1. The van der Waals surface area contributed by atoms with E-state index in [1.165, 1.54) is 5.56 Å².